The summed E-state index contributed by atoms with van der Waals surface area (Å²) < 4.78 is 5.73. The lowest BCUT2D eigenvalue weighted by Crippen LogP contribution is -1.83. The molecule has 70 valence electrons. The van der Waals surface area contributed by atoms with E-state index in [1.807, 2.05) is 6.07 Å². The van der Waals surface area contributed by atoms with Crippen molar-refractivity contribution in [1.82, 2.24) is 4.98 Å². The Morgan fingerprint density at radius 2 is 2.43 bits per heavy atom. The van der Waals surface area contributed by atoms with Crippen molar-refractivity contribution < 1.29 is 4.42 Å². The van der Waals surface area contributed by atoms with Gasteiger partial charge in [0.1, 0.15) is 6.07 Å². The van der Waals surface area contributed by atoms with Gasteiger partial charge in [-0.3, -0.25) is 0 Å². The summed E-state index contributed by atoms with van der Waals surface area (Å²) in [5, 5.41) is 10.4. The summed E-state index contributed by atoms with van der Waals surface area (Å²) in [6.07, 6.45) is 0. The molecule has 0 saturated carbocycles. The molecule has 2 aromatic rings. The standard InChI is InChI=1S/C8H4ClN3OS/c9-6-1-4(3-14-6)8-12-5(2-10)7(11)13-8/h1,3H,11H2. The van der Waals surface area contributed by atoms with Gasteiger partial charge in [-0.15, -0.1) is 11.3 Å². The Hall–Kier alpha value is -1.51. The first kappa shape index (κ1) is 9.06. The molecule has 2 rings (SSSR count). The van der Waals surface area contributed by atoms with Crippen molar-refractivity contribution in [2.24, 2.45) is 0 Å². The molecule has 2 heterocycles. The highest BCUT2D eigenvalue weighted by molar-refractivity contribution is 7.14. The second-order valence-corrected chi connectivity index (χ2v) is 4.03. The molecular weight excluding hydrogens is 222 g/mol. The molecule has 2 N–H and O–H groups in total. The number of hydrogen-bond donors (Lipinski definition) is 1. The molecule has 0 unspecified atom stereocenters. The van der Waals surface area contributed by atoms with Crippen LogP contribution < -0.4 is 5.73 Å². The van der Waals surface area contributed by atoms with Crippen LogP contribution in [0.15, 0.2) is 15.9 Å². The van der Waals surface area contributed by atoms with Gasteiger partial charge in [-0.2, -0.15) is 10.2 Å². The van der Waals surface area contributed by atoms with Crippen LogP contribution in [0.3, 0.4) is 0 Å². The van der Waals surface area contributed by atoms with Gasteiger partial charge in [0.25, 0.3) is 0 Å². The Morgan fingerprint density at radius 1 is 1.64 bits per heavy atom. The van der Waals surface area contributed by atoms with Crippen molar-refractivity contribution in [2.45, 2.75) is 0 Å². The third-order valence-corrected chi connectivity index (χ3v) is 2.66. The number of thiophene rings is 1. The Bertz CT molecular complexity index is 511. The molecule has 0 spiro atoms. The summed E-state index contributed by atoms with van der Waals surface area (Å²) in [4.78, 5) is 3.91. The Labute approximate surface area is 88.5 Å². The van der Waals surface area contributed by atoms with Crippen LogP contribution in [0.4, 0.5) is 5.88 Å². The first-order chi connectivity index (χ1) is 6.70. The summed E-state index contributed by atoms with van der Waals surface area (Å²) in [6, 6.07) is 3.54. The number of nitriles is 1. The fraction of sp³-hybridized carbons (Fsp3) is 0. The number of hydrogen-bond acceptors (Lipinski definition) is 5. The molecule has 0 aliphatic rings. The maximum Gasteiger partial charge on any atom is 0.230 e. The fourth-order valence-corrected chi connectivity index (χ4v) is 1.81. The number of oxazole rings is 1. The second kappa shape index (κ2) is 3.33. The second-order valence-electron chi connectivity index (χ2n) is 2.48. The largest absolute Gasteiger partial charge is 0.419 e. The van der Waals surface area contributed by atoms with Gasteiger partial charge in [0.05, 0.1) is 4.34 Å². The monoisotopic (exact) mass is 225 g/mol. The summed E-state index contributed by atoms with van der Waals surface area (Å²) in [6.45, 7) is 0. The van der Waals surface area contributed by atoms with Gasteiger partial charge < -0.3 is 10.2 Å². The first-order valence-corrected chi connectivity index (χ1v) is 4.87. The topological polar surface area (TPSA) is 75.8 Å². The van der Waals surface area contributed by atoms with Crippen LogP contribution in [0.1, 0.15) is 5.69 Å². The Kier molecular flexibility index (Phi) is 2.15. The van der Waals surface area contributed by atoms with Gasteiger partial charge in [-0.05, 0) is 6.07 Å². The lowest BCUT2D eigenvalue weighted by Gasteiger charge is -1.84. The average Bonchev–Trinajstić information content (AvgIpc) is 2.71. The highest BCUT2D eigenvalue weighted by atomic mass is 35.5. The molecule has 0 aromatic carbocycles. The van der Waals surface area contributed by atoms with Crippen molar-refractivity contribution in [3.63, 3.8) is 0 Å². The fourth-order valence-electron chi connectivity index (χ4n) is 0.958. The Balaban J connectivity index is 2.48. The predicted molar refractivity (Wildman–Crippen MR) is 54.0 cm³/mol. The van der Waals surface area contributed by atoms with Crippen LogP contribution in [0.2, 0.25) is 4.34 Å². The third kappa shape index (κ3) is 1.45. The highest BCUT2D eigenvalue weighted by Crippen LogP contribution is 2.29. The summed E-state index contributed by atoms with van der Waals surface area (Å²) in [7, 11) is 0. The molecule has 0 fully saturated rings. The van der Waals surface area contributed by atoms with E-state index in [1.54, 1.807) is 11.4 Å². The maximum atomic E-state index is 8.61. The SMILES string of the molecule is N#Cc1nc(-c2csc(Cl)c2)oc1N. The maximum absolute atomic E-state index is 8.61. The van der Waals surface area contributed by atoms with E-state index < -0.39 is 0 Å². The van der Waals surface area contributed by atoms with Gasteiger partial charge in [0, 0.05) is 10.9 Å². The van der Waals surface area contributed by atoms with Crippen LogP contribution in [0.5, 0.6) is 0 Å². The first-order valence-electron chi connectivity index (χ1n) is 3.61. The number of aromatic nitrogens is 1. The van der Waals surface area contributed by atoms with Crippen LogP contribution in [-0.2, 0) is 0 Å². The number of rotatable bonds is 1. The quantitative estimate of drug-likeness (QED) is 0.809. The van der Waals surface area contributed by atoms with Crippen LogP contribution in [-0.4, -0.2) is 4.98 Å². The van der Waals surface area contributed by atoms with Crippen LogP contribution in [0.25, 0.3) is 11.5 Å². The van der Waals surface area contributed by atoms with E-state index in [1.165, 1.54) is 11.3 Å². The number of halogens is 1. The molecule has 6 heteroatoms. The molecule has 0 aliphatic heterocycles. The number of nitrogen functional groups attached to an aromatic ring is 1. The lowest BCUT2D eigenvalue weighted by atomic mass is 10.3. The third-order valence-electron chi connectivity index (χ3n) is 1.57. The minimum atomic E-state index is 0.0322. The number of nitrogens with two attached hydrogens (primary N) is 1. The van der Waals surface area contributed by atoms with Crippen LogP contribution in [0, 0.1) is 11.3 Å². The zero-order chi connectivity index (χ0) is 10.1. The van der Waals surface area contributed by atoms with E-state index in [9.17, 15) is 0 Å². The van der Waals surface area contributed by atoms with Gasteiger partial charge in [-0.1, -0.05) is 11.6 Å². The molecule has 14 heavy (non-hydrogen) atoms. The predicted octanol–water partition coefficient (Wildman–Crippen LogP) is 2.51. The molecule has 0 aliphatic carbocycles. The van der Waals surface area contributed by atoms with Gasteiger partial charge in [0.2, 0.25) is 17.5 Å². The highest BCUT2D eigenvalue weighted by Gasteiger charge is 2.12. The van der Waals surface area contributed by atoms with Gasteiger partial charge >= 0.3 is 0 Å². The van der Waals surface area contributed by atoms with Gasteiger partial charge in [-0.25, -0.2) is 0 Å². The summed E-state index contributed by atoms with van der Waals surface area (Å²) in [5.74, 6) is 0.354. The summed E-state index contributed by atoms with van der Waals surface area (Å²) >= 11 is 7.11. The van der Waals surface area contributed by atoms with E-state index in [4.69, 9.17) is 27.0 Å². The zero-order valence-electron chi connectivity index (χ0n) is 6.82. The van der Waals surface area contributed by atoms with Crippen molar-refractivity contribution in [1.29, 1.82) is 5.26 Å². The van der Waals surface area contributed by atoms with E-state index in [-0.39, 0.29) is 11.6 Å². The molecule has 0 amide bonds. The number of anilines is 1. The molecule has 0 bridgehead atoms. The molecule has 0 radical (unpaired) electrons. The molecule has 0 saturated heterocycles. The van der Waals surface area contributed by atoms with Crippen molar-refractivity contribution in [3.8, 4) is 17.5 Å². The van der Waals surface area contributed by atoms with Crippen molar-refractivity contribution in [2.75, 3.05) is 5.73 Å². The normalized spacial score (nSPS) is 10.0. The average molecular weight is 226 g/mol. The Morgan fingerprint density at radius 3 is 2.93 bits per heavy atom. The van der Waals surface area contributed by atoms with E-state index in [0.29, 0.717) is 10.2 Å². The van der Waals surface area contributed by atoms with E-state index >= 15 is 0 Å². The van der Waals surface area contributed by atoms with Crippen molar-refractivity contribution in [3.05, 3.63) is 21.5 Å². The van der Waals surface area contributed by atoms with E-state index in [0.717, 1.165) is 5.56 Å². The minimum Gasteiger partial charge on any atom is -0.419 e. The minimum absolute atomic E-state index is 0.0322. The smallest absolute Gasteiger partial charge is 0.230 e. The van der Waals surface area contributed by atoms with Crippen LogP contribution >= 0.6 is 22.9 Å². The number of nitrogens with zero attached hydrogens (tertiary/aromatic N) is 2. The molecule has 0 atom stereocenters. The molecule has 2 aromatic heterocycles. The van der Waals surface area contributed by atoms with Crippen molar-refractivity contribution >= 4 is 28.8 Å². The van der Waals surface area contributed by atoms with E-state index in [2.05, 4.69) is 4.98 Å². The molecule has 4 nitrogen and oxygen atoms in total. The lowest BCUT2D eigenvalue weighted by molar-refractivity contribution is 0.594. The zero-order valence-corrected chi connectivity index (χ0v) is 8.39. The molecular formula is C8H4ClN3OS. The van der Waals surface area contributed by atoms with Gasteiger partial charge in [0.15, 0.2) is 0 Å². The summed E-state index contributed by atoms with van der Waals surface area (Å²) in [5.41, 5.74) is 6.24.